The molecule has 0 unspecified atom stereocenters. The topological polar surface area (TPSA) is 34.1 Å². The molecule has 0 saturated heterocycles. The zero-order valence-electron chi connectivity index (χ0n) is 8.50. The van der Waals surface area contributed by atoms with Crippen molar-refractivity contribution in [1.82, 2.24) is 0 Å². The van der Waals surface area contributed by atoms with Gasteiger partial charge in [-0.3, -0.25) is 0 Å². The molecule has 84 valence electrons. The molecule has 0 aliphatic heterocycles. The van der Waals surface area contributed by atoms with Crippen molar-refractivity contribution < 1.29 is 12.8 Å². The summed E-state index contributed by atoms with van der Waals surface area (Å²) in [6.07, 6.45) is 0. The molecule has 0 aliphatic carbocycles. The van der Waals surface area contributed by atoms with Crippen molar-refractivity contribution in [3.05, 3.63) is 35.4 Å². The van der Waals surface area contributed by atoms with E-state index in [0.717, 1.165) is 0 Å². The van der Waals surface area contributed by atoms with Gasteiger partial charge in [0.15, 0.2) is 0 Å². The summed E-state index contributed by atoms with van der Waals surface area (Å²) in [6, 6.07) is 6.27. The second-order valence-corrected chi connectivity index (χ2v) is 6.63. The fraction of sp³-hybridized carbons (Fsp3) is 0.400. The highest BCUT2D eigenvalue weighted by Crippen LogP contribution is 2.24. The lowest BCUT2D eigenvalue weighted by Crippen LogP contribution is -2.08. The summed E-state index contributed by atoms with van der Waals surface area (Å²) in [7, 11) is 1.55. The fourth-order valence-electron chi connectivity index (χ4n) is 1.20. The quantitative estimate of drug-likeness (QED) is 0.773. The molecule has 1 aromatic carbocycles. The van der Waals surface area contributed by atoms with Gasteiger partial charge in [0.2, 0.25) is 9.05 Å². The maximum atomic E-state index is 13.4. The lowest BCUT2D eigenvalue weighted by atomic mass is 9.99. The molecule has 0 bridgehead atoms. The Hall–Kier alpha value is -0.610. The zero-order chi connectivity index (χ0) is 11.7. The van der Waals surface area contributed by atoms with Crippen LogP contribution in [0.1, 0.15) is 25.0 Å². The number of alkyl halides is 1. The van der Waals surface area contributed by atoms with E-state index in [1.807, 2.05) is 0 Å². The van der Waals surface area contributed by atoms with E-state index in [1.165, 1.54) is 13.8 Å². The highest BCUT2D eigenvalue weighted by Gasteiger charge is 2.18. The average molecular weight is 251 g/mol. The standard InChI is InChI=1S/C10H12ClFO2S/c1-10(2,12)9-5-3-8(4-6-9)7-15(11,13)14/h3-6H,7H2,1-2H3. The van der Waals surface area contributed by atoms with Crippen LogP contribution >= 0.6 is 10.7 Å². The molecular formula is C10H12ClFO2S. The number of benzene rings is 1. The Morgan fingerprint density at radius 3 is 2.07 bits per heavy atom. The van der Waals surface area contributed by atoms with Gasteiger partial charge in [-0.05, 0) is 25.0 Å². The van der Waals surface area contributed by atoms with E-state index in [2.05, 4.69) is 0 Å². The molecule has 1 rings (SSSR count). The Morgan fingerprint density at radius 1 is 1.27 bits per heavy atom. The maximum absolute atomic E-state index is 13.4. The third-order valence-corrected chi connectivity index (χ3v) is 2.98. The first-order valence-electron chi connectivity index (χ1n) is 4.39. The Kier molecular flexibility index (Phi) is 3.41. The summed E-state index contributed by atoms with van der Waals surface area (Å²) >= 11 is 0. The van der Waals surface area contributed by atoms with Crippen molar-refractivity contribution in [1.29, 1.82) is 0 Å². The summed E-state index contributed by atoms with van der Waals surface area (Å²) in [6.45, 7) is 2.89. The minimum Gasteiger partial charge on any atom is -0.239 e. The van der Waals surface area contributed by atoms with Crippen LogP contribution in [-0.4, -0.2) is 8.42 Å². The fourth-order valence-corrected chi connectivity index (χ4v) is 2.16. The van der Waals surface area contributed by atoms with Gasteiger partial charge in [0.1, 0.15) is 5.67 Å². The number of hydrogen-bond donors (Lipinski definition) is 0. The molecule has 0 amide bonds. The number of halogens is 2. The molecule has 0 aromatic heterocycles. The van der Waals surface area contributed by atoms with Gasteiger partial charge in [-0.25, -0.2) is 12.8 Å². The first kappa shape index (κ1) is 12.5. The minimum absolute atomic E-state index is 0.235. The molecule has 0 saturated carbocycles. The van der Waals surface area contributed by atoms with Crippen molar-refractivity contribution in [2.45, 2.75) is 25.3 Å². The monoisotopic (exact) mass is 250 g/mol. The van der Waals surface area contributed by atoms with Crippen LogP contribution in [0.4, 0.5) is 4.39 Å². The molecular weight excluding hydrogens is 239 g/mol. The molecule has 5 heteroatoms. The van der Waals surface area contributed by atoms with Gasteiger partial charge >= 0.3 is 0 Å². The van der Waals surface area contributed by atoms with Crippen LogP contribution in [0.5, 0.6) is 0 Å². The summed E-state index contributed by atoms with van der Waals surface area (Å²) in [4.78, 5) is 0. The Morgan fingerprint density at radius 2 is 1.73 bits per heavy atom. The zero-order valence-corrected chi connectivity index (χ0v) is 10.1. The van der Waals surface area contributed by atoms with E-state index in [0.29, 0.717) is 11.1 Å². The van der Waals surface area contributed by atoms with Gasteiger partial charge < -0.3 is 0 Å². The highest BCUT2D eigenvalue weighted by atomic mass is 35.7. The van der Waals surface area contributed by atoms with E-state index < -0.39 is 14.7 Å². The van der Waals surface area contributed by atoms with Crippen LogP contribution < -0.4 is 0 Å². The van der Waals surface area contributed by atoms with Crippen molar-refractivity contribution in [2.24, 2.45) is 0 Å². The predicted molar refractivity (Wildman–Crippen MR) is 59.1 cm³/mol. The van der Waals surface area contributed by atoms with Crippen LogP contribution in [0.25, 0.3) is 0 Å². The summed E-state index contributed by atoms with van der Waals surface area (Å²) < 4.78 is 35.0. The van der Waals surface area contributed by atoms with Gasteiger partial charge in [-0.2, -0.15) is 0 Å². The molecule has 0 heterocycles. The average Bonchev–Trinajstić information content (AvgIpc) is 2.00. The summed E-state index contributed by atoms with van der Waals surface area (Å²) in [5, 5.41) is 0. The van der Waals surface area contributed by atoms with Crippen LogP contribution in [0.15, 0.2) is 24.3 Å². The first-order chi connectivity index (χ1) is 6.68. The number of rotatable bonds is 3. The minimum atomic E-state index is -3.55. The summed E-state index contributed by atoms with van der Waals surface area (Å²) in [5.74, 6) is -0.235. The van der Waals surface area contributed by atoms with Crippen molar-refractivity contribution >= 4 is 19.7 Å². The van der Waals surface area contributed by atoms with E-state index in [-0.39, 0.29) is 5.75 Å². The van der Waals surface area contributed by atoms with E-state index in [1.54, 1.807) is 24.3 Å². The van der Waals surface area contributed by atoms with Crippen LogP contribution in [0, 0.1) is 0 Å². The van der Waals surface area contributed by atoms with Crippen molar-refractivity contribution in [2.75, 3.05) is 0 Å². The molecule has 0 radical (unpaired) electrons. The highest BCUT2D eigenvalue weighted by molar-refractivity contribution is 8.13. The molecule has 0 fully saturated rings. The molecule has 2 nitrogen and oxygen atoms in total. The van der Waals surface area contributed by atoms with E-state index in [4.69, 9.17) is 10.7 Å². The molecule has 0 spiro atoms. The smallest absolute Gasteiger partial charge is 0.236 e. The van der Waals surface area contributed by atoms with Crippen molar-refractivity contribution in [3.63, 3.8) is 0 Å². The van der Waals surface area contributed by atoms with Gasteiger partial charge in [0.05, 0.1) is 5.75 Å². The normalized spacial score (nSPS) is 12.8. The van der Waals surface area contributed by atoms with E-state index in [9.17, 15) is 12.8 Å². The molecule has 1 aromatic rings. The van der Waals surface area contributed by atoms with Gasteiger partial charge in [0.25, 0.3) is 0 Å². The second kappa shape index (κ2) is 4.10. The lowest BCUT2D eigenvalue weighted by molar-refractivity contribution is 0.221. The molecule has 15 heavy (non-hydrogen) atoms. The van der Waals surface area contributed by atoms with Crippen molar-refractivity contribution in [3.8, 4) is 0 Å². The molecule has 0 aliphatic rings. The van der Waals surface area contributed by atoms with Gasteiger partial charge in [-0.15, -0.1) is 0 Å². The maximum Gasteiger partial charge on any atom is 0.236 e. The Labute approximate surface area is 93.5 Å². The first-order valence-corrected chi connectivity index (χ1v) is 6.87. The van der Waals surface area contributed by atoms with Crippen LogP contribution in [0.2, 0.25) is 0 Å². The Bertz CT molecular complexity index is 431. The van der Waals surface area contributed by atoms with Crippen LogP contribution in [0.3, 0.4) is 0 Å². The molecule has 0 N–H and O–H groups in total. The van der Waals surface area contributed by atoms with Gasteiger partial charge in [-0.1, -0.05) is 24.3 Å². The van der Waals surface area contributed by atoms with E-state index >= 15 is 0 Å². The predicted octanol–water partition coefficient (Wildman–Crippen LogP) is 2.96. The second-order valence-electron chi connectivity index (χ2n) is 3.85. The molecule has 0 atom stereocenters. The lowest BCUT2D eigenvalue weighted by Gasteiger charge is -2.14. The third kappa shape index (κ3) is 4.18. The largest absolute Gasteiger partial charge is 0.239 e. The van der Waals surface area contributed by atoms with Gasteiger partial charge in [0, 0.05) is 10.7 Å². The third-order valence-electron chi connectivity index (χ3n) is 1.98. The van der Waals surface area contributed by atoms with Crippen LogP contribution in [-0.2, 0) is 20.5 Å². The Balaban J connectivity index is 2.91. The summed E-state index contributed by atoms with van der Waals surface area (Å²) in [5.41, 5.74) is -0.352. The SMILES string of the molecule is CC(C)(F)c1ccc(CS(=O)(=O)Cl)cc1. The number of hydrogen-bond acceptors (Lipinski definition) is 2.